The average Bonchev–Trinajstić information content (AvgIpc) is 2.12. The van der Waals surface area contributed by atoms with E-state index in [9.17, 15) is 20.4 Å². The van der Waals surface area contributed by atoms with Crippen LogP contribution in [0.5, 0.6) is 0 Å². The zero-order valence-corrected chi connectivity index (χ0v) is 8.38. The minimum absolute atomic E-state index is 0.145. The van der Waals surface area contributed by atoms with E-state index in [-0.39, 0.29) is 5.92 Å². The van der Waals surface area contributed by atoms with E-state index in [1.54, 1.807) is 20.8 Å². The van der Waals surface area contributed by atoms with Crippen molar-refractivity contribution in [3.63, 3.8) is 0 Å². The third kappa shape index (κ3) is 3.60. The van der Waals surface area contributed by atoms with Crippen LogP contribution < -0.4 is 0 Å². The van der Waals surface area contributed by atoms with Crippen LogP contribution in [0.25, 0.3) is 0 Å². The first-order chi connectivity index (χ1) is 5.91. The molecule has 0 bridgehead atoms. The highest BCUT2D eigenvalue weighted by molar-refractivity contribution is 4.81. The number of aliphatic hydroxyl groups excluding tert-OH is 4. The Labute approximate surface area is 78.8 Å². The molecule has 80 valence electrons. The van der Waals surface area contributed by atoms with E-state index in [2.05, 4.69) is 0 Å². The Morgan fingerprint density at radius 2 is 1.31 bits per heavy atom. The van der Waals surface area contributed by atoms with Gasteiger partial charge < -0.3 is 20.4 Å². The van der Waals surface area contributed by atoms with E-state index in [0.717, 1.165) is 0 Å². The molecule has 0 rings (SSSR count). The topological polar surface area (TPSA) is 80.9 Å². The molecule has 0 aromatic carbocycles. The normalized spacial score (nSPS) is 21.2. The van der Waals surface area contributed by atoms with Crippen LogP contribution in [0, 0.1) is 5.92 Å². The van der Waals surface area contributed by atoms with E-state index in [1.807, 2.05) is 0 Å². The number of aliphatic hydroxyl groups is 4. The molecule has 0 saturated heterocycles. The smallest absolute Gasteiger partial charge is 0.108 e. The summed E-state index contributed by atoms with van der Waals surface area (Å²) in [5.74, 6) is -0.145. The van der Waals surface area contributed by atoms with Gasteiger partial charge in [0.05, 0.1) is 12.2 Å². The van der Waals surface area contributed by atoms with E-state index >= 15 is 0 Å². The molecule has 0 saturated carbocycles. The van der Waals surface area contributed by atoms with E-state index < -0.39 is 24.4 Å². The first-order valence-corrected chi connectivity index (χ1v) is 4.64. The van der Waals surface area contributed by atoms with Crippen molar-refractivity contribution in [1.29, 1.82) is 0 Å². The molecule has 13 heavy (non-hydrogen) atoms. The van der Waals surface area contributed by atoms with Crippen molar-refractivity contribution in [2.75, 3.05) is 0 Å². The van der Waals surface area contributed by atoms with E-state index in [1.165, 1.54) is 0 Å². The molecule has 4 nitrogen and oxygen atoms in total. The third-order valence-corrected chi connectivity index (χ3v) is 2.20. The van der Waals surface area contributed by atoms with Crippen LogP contribution in [0.15, 0.2) is 0 Å². The Kier molecular flexibility index (Phi) is 5.48. The summed E-state index contributed by atoms with van der Waals surface area (Å²) in [5, 5.41) is 37.3. The van der Waals surface area contributed by atoms with Crippen molar-refractivity contribution < 1.29 is 20.4 Å². The quantitative estimate of drug-likeness (QED) is 0.473. The molecule has 0 unspecified atom stereocenters. The highest BCUT2D eigenvalue weighted by Crippen LogP contribution is 2.13. The minimum atomic E-state index is -1.28. The SMILES string of the molecule is CC[C@@H](O)[C@@H](O)[C@H](O)[C@@H](O)C(C)C. The third-order valence-electron chi connectivity index (χ3n) is 2.20. The molecule has 0 aromatic heterocycles. The molecule has 0 fully saturated rings. The van der Waals surface area contributed by atoms with Crippen molar-refractivity contribution in [3.8, 4) is 0 Å². The maximum Gasteiger partial charge on any atom is 0.108 e. The Hall–Kier alpha value is -0.160. The first kappa shape index (κ1) is 12.8. The second kappa shape index (κ2) is 5.54. The molecule has 0 aliphatic heterocycles. The van der Waals surface area contributed by atoms with Crippen molar-refractivity contribution in [3.05, 3.63) is 0 Å². The minimum Gasteiger partial charge on any atom is -0.390 e. The fourth-order valence-corrected chi connectivity index (χ4v) is 1.07. The number of hydrogen-bond acceptors (Lipinski definition) is 4. The molecule has 4 heteroatoms. The van der Waals surface area contributed by atoms with Crippen molar-refractivity contribution in [2.24, 2.45) is 5.92 Å². The molecular formula is C9H20O4. The van der Waals surface area contributed by atoms with Gasteiger partial charge in [-0.1, -0.05) is 20.8 Å². The highest BCUT2D eigenvalue weighted by atomic mass is 16.4. The maximum atomic E-state index is 9.40. The molecule has 4 atom stereocenters. The van der Waals surface area contributed by atoms with Crippen LogP contribution >= 0.6 is 0 Å². The summed E-state index contributed by atoms with van der Waals surface area (Å²) in [6, 6.07) is 0. The van der Waals surface area contributed by atoms with Crippen LogP contribution in [0.2, 0.25) is 0 Å². The Balaban J connectivity index is 4.15. The average molecular weight is 192 g/mol. The summed E-state index contributed by atoms with van der Waals surface area (Å²) < 4.78 is 0. The van der Waals surface area contributed by atoms with Gasteiger partial charge in [0.2, 0.25) is 0 Å². The monoisotopic (exact) mass is 192 g/mol. The largest absolute Gasteiger partial charge is 0.390 e. The van der Waals surface area contributed by atoms with Crippen molar-refractivity contribution in [1.82, 2.24) is 0 Å². The van der Waals surface area contributed by atoms with Crippen molar-refractivity contribution in [2.45, 2.75) is 51.6 Å². The van der Waals surface area contributed by atoms with Crippen LogP contribution in [-0.4, -0.2) is 44.8 Å². The van der Waals surface area contributed by atoms with Crippen molar-refractivity contribution >= 4 is 0 Å². The molecule has 0 amide bonds. The summed E-state index contributed by atoms with van der Waals surface area (Å²) >= 11 is 0. The zero-order valence-electron chi connectivity index (χ0n) is 8.38. The van der Waals surface area contributed by atoms with Gasteiger partial charge in [-0.2, -0.15) is 0 Å². The van der Waals surface area contributed by atoms with Gasteiger partial charge in [-0.15, -0.1) is 0 Å². The van der Waals surface area contributed by atoms with E-state index in [4.69, 9.17) is 0 Å². The first-order valence-electron chi connectivity index (χ1n) is 4.64. The molecule has 0 radical (unpaired) electrons. The summed E-state index contributed by atoms with van der Waals surface area (Å²) in [4.78, 5) is 0. The lowest BCUT2D eigenvalue weighted by molar-refractivity contribution is -0.115. The zero-order chi connectivity index (χ0) is 10.6. The highest BCUT2D eigenvalue weighted by Gasteiger charge is 2.30. The number of hydrogen-bond donors (Lipinski definition) is 4. The lowest BCUT2D eigenvalue weighted by atomic mass is 9.94. The van der Waals surface area contributed by atoms with Gasteiger partial charge in [-0.3, -0.25) is 0 Å². The molecule has 0 spiro atoms. The Morgan fingerprint density at radius 3 is 1.62 bits per heavy atom. The summed E-state index contributed by atoms with van der Waals surface area (Å²) in [6.45, 7) is 5.17. The standard InChI is InChI=1S/C9H20O4/c1-4-6(10)8(12)9(13)7(11)5(2)3/h5-13H,4H2,1-3H3/t6-,7+,8-,9-/m1/s1. The predicted octanol–water partition coefficient (Wildman–Crippen LogP) is -0.504. The molecule has 4 N–H and O–H groups in total. The fraction of sp³-hybridized carbons (Fsp3) is 1.00. The van der Waals surface area contributed by atoms with Crippen LogP contribution in [-0.2, 0) is 0 Å². The van der Waals surface area contributed by atoms with Crippen LogP contribution in [0.3, 0.4) is 0 Å². The van der Waals surface area contributed by atoms with Gasteiger partial charge in [0.25, 0.3) is 0 Å². The second-order valence-electron chi connectivity index (χ2n) is 3.69. The lowest BCUT2D eigenvalue weighted by Gasteiger charge is -2.27. The molecule has 0 aliphatic rings. The Bertz CT molecular complexity index is 138. The Morgan fingerprint density at radius 1 is 0.846 bits per heavy atom. The molecule has 0 heterocycles. The number of rotatable bonds is 5. The van der Waals surface area contributed by atoms with E-state index in [0.29, 0.717) is 6.42 Å². The van der Waals surface area contributed by atoms with Gasteiger partial charge in [0.1, 0.15) is 12.2 Å². The molecular weight excluding hydrogens is 172 g/mol. The summed E-state index contributed by atoms with van der Waals surface area (Å²) in [5.41, 5.74) is 0. The fourth-order valence-electron chi connectivity index (χ4n) is 1.07. The molecule has 0 aliphatic carbocycles. The van der Waals surface area contributed by atoms with Gasteiger partial charge in [-0.05, 0) is 12.3 Å². The van der Waals surface area contributed by atoms with Crippen LogP contribution in [0.1, 0.15) is 27.2 Å². The maximum absolute atomic E-state index is 9.40. The predicted molar refractivity (Wildman–Crippen MR) is 49.2 cm³/mol. The van der Waals surface area contributed by atoms with Crippen LogP contribution in [0.4, 0.5) is 0 Å². The summed E-state index contributed by atoms with van der Waals surface area (Å²) in [7, 11) is 0. The lowest BCUT2D eigenvalue weighted by Crippen LogP contribution is -2.46. The molecule has 0 aromatic rings. The summed E-state index contributed by atoms with van der Waals surface area (Å²) in [6.07, 6.45) is -4.19. The van der Waals surface area contributed by atoms with Gasteiger partial charge >= 0.3 is 0 Å². The van der Waals surface area contributed by atoms with Gasteiger partial charge in [0, 0.05) is 0 Å². The second-order valence-corrected chi connectivity index (χ2v) is 3.69. The van der Waals surface area contributed by atoms with Gasteiger partial charge in [-0.25, -0.2) is 0 Å². The van der Waals surface area contributed by atoms with Gasteiger partial charge in [0.15, 0.2) is 0 Å².